The van der Waals surface area contributed by atoms with E-state index in [4.69, 9.17) is 4.74 Å². The Balaban J connectivity index is 3.33. The van der Waals surface area contributed by atoms with E-state index < -0.39 is 39.9 Å². The number of hydrogen-bond donors (Lipinski definition) is 0. The summed E-state index contributed by atoms with van der Waals surface area (Å²) < 4.78 is 48.1. The fourth-order valence-electron chi connectivity index (χ4n) is 3.61. The van der Waals surface area contributed by atoms with E-state index in [0.717, 1.165) is 6.07 Å². The molecule has 0 saturated heterocycles. The van der Waals surface area contributed by atoms with Gasteiger partial charge in [0.2, 0.25) is 0 Å². The van der Waals surface area contributed by atoms with Crippen LogP contribution in [0.3, 0.4) is 0 Å². The molecule has 0 aromatic heterocycles. The summed E-state index contributed by atoms with van der Waals surface area (Å²) >= 11 is 0. The number of benzene rings is 1. The second-order valence-corrected chi connectivity index (χ2v) is 18.3. The van der Waals surface area contributed by atoms with Crippen LogP contribution in [0.25, 0.3) is 0 Å². The molecule has 0 spiro atoms. The highest BCUT2D eigenvalue weighted by Crippen LogP contribution is 2.28. The quantitative estimate of drug-likeness (QED) is 0.388. The normalized spacial score (nSPS) is 13.9. The Labute approximate surface area is 150 Å². The minimum absolute atomic E-state index is 0.0781. The molecule has 0 heterocycles. The first-order chi connectivity index (χ1) is 11.3. The van der Waals surface area contributed by atoms with Crippen molar-refractivity contribution < 1.29 is 22.7 Å². The first-order valence-electron chi connectivity index (χ1n) is 8.27. The van der Waals surface area contributed by atoms with Gasteiger partial charge in [-0.15, -0.1) is 0 Å². The number of carbonyl (C=O) groups is 1. The van der Waals surface area contributed by atoms with Gasteiger partial charge in [-0.1, -0.05) is 39.3 Å². The molecule has 8 heteroatoms. The van der Waals surface area contributed by atoms with E-state index in [9.17, 15) is 18.0 Å². The van der Waals surface area contributed by atoms with Crippen molar-refractivity contribution >= 4 is 22.4 Å². The summed E-state index contributed by atoms with van der Waals surface area (Å²) in [7, 11) is -2.42. The van der Waals surface area contributed by atoms with Gasteiger partial charge in [-0.2, -0.15) is 0 Å². The molecule has 0 aliphatic heterocycles. The molecule has 142 valence electrons. The molecule has 0 radical (unpaired) electrons. The number of ether oxygens (including phenoxy) is 1. The van der Waals surface area contributed by atoms with Gasteiger partial charge in [-0.05, 0) is 18.1 Å². The first kappa shape index (κ1) is 21.9. The van der Waals surface area contributed by atoms with Crippen LogP contribution in [0.1, 0.15) is 12.0 Å². The summed E-state index contributed by atoms with van der Waals surface area (Å²) in [5.74, 6) is -3.48. The molecule has 1 aromatic rings. The second-order valence-electron chi connectivity index (χ2n) is 8.21. The Morgan fingerprint density at radius 1 is 1.00 bits per heavy atom. The summed E-state index contributed by atoms with van der Waals surface area (Å²) in [4.78, 5) is 11.9. The highest BCUT2D eigenvalue weighted by atomic mass is 28.4. The Bertz CT molecular complexity index is 614. The summed E-state index contributed by atoms with van der Waals surface area (Å²) in [5.41, 5.74) is 0.0781. The molecule has 1 atom stereocenters. The largest absolute Gasteiger partial charge is 0.469 e. The molecule has 0 saturated carbocycles. The Hall–Kier alpha value is -1.13. The van der Waals surface area contributed by atoms with E-state index in [1.54, 1.807) is 0 Å². The van der Waals surface area contributed by atoms with Crippen molar-refractivity contribution in [3.05, 3.63) is 35.1 Å². The van der Waals surface area contributed by atoms with Gasteiger partial charge in [0.05, 0.1) is 13.5 Å². The number of methoxy groups -OCH3 is 1. The standard InChI is InChI=1S/C17H28F3NO2Si2/c1-23-17(22)10-13(21(24(2,3)4)25(5,6)7)8-12-9-15(19)16(20)11-14(12)18/h9,11,13H,8,10H2,1-7H3/t13-/m0/s1. The smallest absolute Gasteiger partial charge is 0.307 e. The molecule has 0 bridgehead atoms. The van der Waals surface area contributed by atoms with Crippen LogP contribution in [0, 0.1) is 17.5 Å². The maximum atomic E-state index is 14.1. The van der Waals surface area contributed by atoms with E-state index in [0.29, 0.717) is 6.07 Å². The topological polar surface area (TPSA) is 29.5 Å². The average Bonchev–Trinajstić information content (AvgIpc) is 2.41. The van der Waals surface area contributed by atoms with Crippen LogP contribution in [0.4, 0.5) is 13.2 Å². The van der Waals surface area contributed by atoms with Gasteiger partial charge in [0.1, 0.15) is 22.3 Å². The summed E-state index contributed by atoms with van der Waals surface area (Å²) in [5, 5.41) is 0. The molecule has 3 nitrogen and oxygen atoms in total. The third kappa shape index (κ3) is 5.97. The predicted octanol–water partition coefficient (Wildman–Crippen LogP) is 4.55. The summed E-state index contributed by atoms with van der Waals surface area (Å²) in [6.45, 7) is 13.0. The van der Waals surface area contributed by atoms with Crippen LogP contribution < -0.4 is 0 Å². The van der Waals surface area contributed by atoms with Gasteiger partial charge < -0.3 is 8.97 Å². The fourth-order valence-corrected chi connectivity index (χ4v) is 14.2. The molecule has 25 heavy (non-hydrogen) atoms. The van der Waals surface area contributed by atoms with Gasteiger partial charge in [0.25, 0.3) is 0 Å². The van der Waals surface area contributed by atoms with E-state index in [-0.39, 0.29) is 24.4 Å². The molecule has 0 fully saturated rings. The van der Waals surface area contributed by atoms with Crippen molar-refractivity contribution in [2.45, 2.75) is 58.2 Å². The zero-order valence-corrected chi connectivity index (χ0v) is 18.0. The number of carbonyl (C=O) groups excluding carboxylic acids is 1. The summed E-state index contributed by atoms with van der Waals surface area (Å²) in [6, 6.07) is 1.14. The zero-order chi connectivity index (χ0) is 19.6. The minimum atomic E-state index is -1.86. The molecule has 1 rings (SSSR count). The predicted molar refractivity (Wildman–Crippen MR) is 99.0 cm³/mol. The van der Waals surface area contributed by atoms with Crippen molar-refractivity contribution in [2.75, 3.05) is 7.11 Å². The number of nitrogens with zero attached hydrogens (tertiary/aromatic N) is 1. The van der Waals surface area contributed by atoms with Crippen LogP contribution >= 0.6 is 0 Å². The molecule has 0 N–H and O–H groups in total. The van der Waals surface area contributed by atoms with E-state index in [1.165, 1.54) is 7.11 Å². The third-order valence-electron chi connectivity index (χ3n) is 3.99. The number of hydrogen-bond acceptors (Lipinski definition) is 3. The van der Waals surface area contributed by atoms with Gasteiger partial charge in [-0.25, -0.2) is 13.2 Å². The van der Waals surface area contributed by atoms with E-state index >= 15 is 0 Å². The van der Waals surface area contributed by atoms with Gasteiger partial charge in [0, 0.05) is 12.1 Å². The lowest BCUT2D eigenvalue weighted by Gasteiger charge is -2.48. The Morgan fingerprint density at radius 3 is 1.92 bits per heavy atom. The van der Waals surface area contributed by atoms with Crippen LogP contribution in [0.15, 0.2) is 12.1 Å². The molecule has 0 aliphatic rings. The van der Waals surface area contributed by atoms with Crippen molar-refractivity contribution in [2.24, 2.45) is 0 Å². The molecule has 0 unspecified atom stereocenters. The van der Waals surface area contributed by atoms with Crippen molar-refractivity contribution in [1.82, 2.24) is 4.23 Å². The van der Waals surface area contributed by atoms with Crippen molar-refractivity contribution in [1.29, 1.82) is 0 Å². The van der Waals surface area contributed by atoms with E-state index in [1.807, 2.05) is 0 Å². The minimum Gasteiger partial charge on any atom is -0.469 e. The first-order valence-corrected chi connectivity index (χ1v) is 15.2. The maximum absolute atomic E-state index is 14.1. The zero-order valence-electron chi connectivity index (χ0n) is 16.0. The summed E-state index contributed by atoms with van der Waals surface area (Å²) in [6.07, 6.45) is 0.218. The number of halogens is 3. The lowest BCUT2D eigenvalue weighted by atomic mass is 10.0. The molecular formula is C17H28F3NO2Si2. The Kier molecular flexibility index (Phi) is 7.06. The lowest BCUT2D eigenvalue weighted by molar-refractivity contribution is -0.141. The monoisotopic (exact) mass is 391 g/mol. The highest BCUT2D eigenvalue weighted by molar-refractivity contribution is 6.89. The van der Waals surface area contributed by atoms with Crippen LogP contribution in [-0.4, -0.2) is 39.8 Å². The van der Waals surface area contributed by atoms with E-state index in [2.05, 4.69) is 43.5 Å². The van der Waals surface area contributed by atoms with Crippen LogP contribution in [0.2, 0.25) is 39.3 Å². The average molecular weight is 392 g/mol. The highest BCUT2D eigenvalue weighted by Gasteiger charge is 2.40. The van der Waals surface area contributed by atoms with Crippen molar-refractivity contribution in [3.63, 3.8) is 0 Å². The van der Waals surface area contributed by atoms with Crippen LogP contribution in [0.5, 0.6) is 0 Å². The van der Waals surface area contributed by atoms with Gasteiger partial charge in [0.15, 0.2) is 11.6 Å². The van der Waals surface area contributed by atoms with Crippen LogP contribution in [-0.2, 0) is 16.0 Å². The molecule has 1 aromatic carbocycles. The third-order valence-corrected chi connectivity index (χ3v) is 11.6. The molecular weight excluding hydrogens is 363 g/mol. The van der Waals surface area contributed by atoms with Gasteiger partial charge in [-0.3, -0.25) is 4.79 Å². The second kappa shape index (κ2) is 8.05. The van der Waals surface area contributed by atoms with Crippen molar-refractivity contribution in [3.8, 4) is 0 Å². The number of rotatable bonds is 7. The van der Waals surface area contributed by atoms with Gasteiger partial charge >= 0.3 is 5.97 Å². The SMILES string of the molecule is COC(=O)C[C@H](Cc1cc(F)c(F)cc1F)N([Si](C)(C)C)[Si](C)(C)C. The lowest BCUT2D eigenvalue weighted by Crippen LogP contribution is -2.64. The number of esters is 1. The fraction of sp³-hybridized carbons (Fsp3) is 0.588. The molecule has 0 aliphatic carbocycles. The molecule has 0 amide bonds. The maximum Gasteiger partial charge on any atom is 0.307 e. The Morgan fingerprint density at radius 2 is 1.48 bits per heavy atom.